The van der Waals surface area contributed by atoms with E-state index in [1.54, 1.807) is 31.2 Å². The minimum Gasteiger partial charge on any atom is -0.394 e. The van der Waals surface area contributed by atoms with Gasteiger partial charge in [0.25, 0.3) is 0 Å². The van der Waals surface area contributed by atoms with Crippen LogP contribution in [0, 0.1) is 17.5 Å². The molecule has 38 heavy (non-hydrogen) atoms. The number of aliphatic hydroxyl groups is 2. The number of ether oxygens (including phenoxy) is 2. The largest absolute Gasteiger partial charge is 0.394 e. The molecule has 1 saturated heterocycles. The van der Waals surface area contributed by atoms with Gasteiger partial charge in [0, 0.05) is 17.2 Å². The summed E-state index contributed by atoms with van der Waals surface area (Å²) < 4.78 is 55.9. The maximum absolute atomic E-state index is 13.8. The number of hydrogen-bond donors (Lipinski definition) is 2. The third-order valence-corrected chi connectivity index (χ3v) is 6.44. The van der Waals surface area contributed by atoms with E-state index < -0.39 is 54.5 Å². The topological polar surface area (TPSA) is 120 Å². The molecule has 4 aromatic rings. The van der Waals surface area contributed by atoms with E-state index in [0.717, 1.165) is 12.1 Å². The van der Waals surface area contributed by atoms with Gasteiger partial charge in [-0.15, -0.1) is 5.10 Å². The first-order valence-corrected chi connectivity index (χ1v) is 12.0. The third-order valence-electron chi connectivity index (χ3n) is 6.20. The van der Waals surface area contributed by atoms with E-state index in [1.807, 2.05) is 0 Å². The van der Waals surface area contributed by atoms with Crippen LogP contribution >= 0.6 is 11.6 Å². The summed E-state index contributed by atoms with van der Waals surface area (Å²) >= 11 is 6.16. The second-order valence-corrected chi connectivity index (χ2v) is 8.96. The molecule has 0 radical (unpaired) electrons. The number of hydrogen-bond acceptors (Lipinski definition) is 8. The molecule has 0 amide bonds. The molecule has 0 aliphatic carbocycles. The predicted molar refractivity (Wildman–Crippen MR) is 127 cm³/mol. The van der Waals surface area contributed by atoms with Crippen molar-refractivity contribution in [3.05, 3.63) is 77.2 Å². The Labute approximate surface area is 219 Å². The van der Waals surface area contributed by atoms with E-state index in [9.17, 15) is 23.4 Å². The van der Waals surface area contributed by atoms with E-state index in [2.05, 4.69) is 20.4 Å². The van der Waals surface area contributed by atoms with Crippen LogP contribution in [0.3, 0.4) is 0 Å². The van der Waals surface area contributed by atoms with Crippen molar-refractivity contribution < 1.29 is 32.9 Å². The summed E-state index contributed by atoms with van der Waals surface area (Å²) in [6.07, 6.45) is -1.62. The summed E-state index contributed by atoms with van der Waals surface area (Å²) in [5.74, 6) is -4.05. The lowest BCUT2D eigenvalue weighted by atomic mass is 9.91. The molecule has 14 heteroatoms. The number of benzene rings is 2. The molecule has 1 aliphatic rings. The van der Waals surface area contributed by atoms with Crippen molar-refractivity contribution in [3.8, 4) is 16.9 Å². The van der Waals surface area contributed by atoms with Crippen LogP contribution in [0.4, 0.5) is 13.2 Å². The molecular formula is C24H22ClF3N6O4. The Morgan fingerprint density at radius 3 is 2.61 bits per heavy atom. The minimum absolute atomic E-state index is 0.0240. The molecule has 5 rings (SSSR count). The highest BCUT2D eigenvalue weighted by Gasteiger charge is 2.49. The minimum atomic E-state index is -1.60. The van der Waals surface area contributed by atoms with Crippen molar-refractivity contribution >= 4 is 11.6 Å². The molecule has 2 aromatic carbocycles. The highest BCUT2D eigenvalue weighted by atomic mass is 35.5. The van der Waals surface area contributed by atoms with Gasteiger partial charge in [0.05, 0.1) is 18.5 Å². The van der Waals surface area contributed by atoms with Gasteiger partial charge in [0.15, 0.2) is 23.3 Å². The molecule has 0 unspecified atom stereocenters. The Morgan fingerprint density at radius 1 is 1.16 bits per heavy atom. The van der Waals surface area contributed by atoms with Gasteiger partial charge in [-0.25, -0.2) is 27.5 Å². The molecule has 0 bridgehead atoms. The Balaban J connectivity index is 1.56. The van der Waals surface area contributed by atoms with Crippen LogP contribution in [0.25, 0.3) is 16.9 Å². The van der Waals surface area contributed by atoms with Crippen LogP contribution in [-0.4, -0.2) is 71.5 Å². The van der Waals surface area contributed by atoms with Gasteiger partial charge in [-0.2, -0.15) is 5.10 Å². The first kappa shape index (κ1) is 26.3. The second kappa shape index (κ2) is 10.8. The van der Waals surface area contributed by atoms with Gasteiger partial charge >= 0.3 is 0 Å². The van der Waals surface area contributed by atoms with Crippen molar-refractivity contribution in [2.24, 2.45) is 0 Å². The highest BCUT2D eigenvalue weighted by Crippen LogP contribution is 2.40. The van der Waals surface area contributed by atoms with Crippen LogP contribution in [0.15, 0.2) is 48.9 Å². The van der Waals surface area contributed by atoms with Gasteiger partial charge in [0.2, 0.25) is 0 Å². The van der Waals surface area contributed by atoms with Gasteiger partial charge < -0.3 is 19.7 Å². The number of aromatic nitrogens is 6. The van der Waals surface area contributed by atoms with Crippen molar-refractivity contribution in [2.75, 3.05) is 13.2 Å². The zero-order chi connectivity index (χ0) is 27.0. The molecule has 10 nitrogen and oxygen atoms in total. The molecule has 5 atom stereocenters. The predicted octanol–water partition coefficient (Wildman–Crippen LogP) is 3.04. The van der Waals surface area contributed by atoms with E-state index in [-0.39, 0.29) is 17.9 Å². The first-order chi connectivity index (χ1) is 18.3. The van der Waals surface area contributed by atoms with Crippen LogP contribution in [-0.2, 0) is 9.47 Å². The maximum Gasteiger partial charge on any atom is 0.194 e. The Morgan fingerprint density at radius 2 is 1.92 bits per heavy atom. The van der Waals surface area contributed by atoms with Gasteiger partial charge in [-0.3, -0.25) is 0 Å². The molecule has 0 spiro atoms. The molecule has 1 aliphatic heterocycles. The quantitative estimate of drug-likeness (QED) is 0.337. The average Bonchev–Trinajstić information content (AvgIpc) is 3.58. The standard InChI is InChI=1S/C24H22ClF3N6O4/c1-2-37-22-20(33-9-17(31-32-33)12-6-15(26)19(28)16(27)7-12)21(36)18(10-35)38-23(22)24-29-11-30-34(24)14-5-3-4-13(25)8-14/h3-9,11,18,20-23,35-36H,2,10H2,1H3/t18-,20+,21+,22-,23-/m1/s1. The van der Waals surface area contributed by atoms with Crippen LogP contribution in [0.2, 0.25) is 5.02 Å². The first-order valence-electron chi connectivity index (χ1n) is 11.6. The Hall–Kier alpha value is -3.36. The van der Waals surface area contributed by atoms with Crippen molar-refractivity contribution in [1.29, 1.82) is 0 Å². The molecule has 3 heterocycles. The molecule has 0 saturated carbocycles. The Bertz CT molecular complexity index is 1410. The normalized spacial score (nSPS) is 23.6. The lowest BCUT2D eigenvalue weighted by Gasteiger charge is -2.43. The molecule has 200 valence electrons. The monoisotopic (exact) mass is 550 g/mol. The third kappa shape index (κ3) is 4.78. The summed E-state index contributed by atoms with van der Waals surface area (Å²) in [6.45, 7) is 1.41. The molecule has 1 fully saturated rings. The van der Waals surface area contributed by atoms with Crippen LogP contribution in [0.1, 0.15) is 24.9 Å². The number of aliphatic hydroxyl groups excluding tert-OH is 2. The fraction of sp³-hybridized carbons (Fsp3) is 0.333. The lowest BCUT2D eigenvalue weighted by Crippen LogP contribution is -2.54. The van der Waals surface area contributed by atoms with E-state index in [1.165, 1.54) is 21.9 Å². The van der Waals surface area contributed by atoms with E-state index in [4.69, 9.17) is 21.1 Å². The van der Waals surface area contributed by atoms with Crippen LogP contribution < -0.4 is 0 Å². The number of halogens is 4. The number of rotatable bonds is 7. The van der Waals surface area contributed by atoms with Gasteiger partial charge in [-0.05, 0) is 37.3 Å². The summed E-state index contributed by atoms with van der Waals surface area (Å²) in [7, 11) is 0. The van der Waals surface area contributed by atoms with E-state index >= 15 is 0 Å². The maximum atomic E-state index is 13.8. The molecular weight excluding hydrogens is 529 g/mol. The summed E-state index contributed by atoms with van der Waals surface area (Å²) in [6, 6.07) is 7.50. The Kier molecular flexibility index (Phi) is 7.45. The molecule has 2 aromatic heterocycles. The summed E-state index contributed by atoms with van der Waals surface area (Å²) in [5, 5.41) is 33.9. The van der Waals surface area contributed by atoms with Gasteiger partial charge in [-0.1, -0.05) is 22.9 Å². The van der Waals surface area contributed by atoms with E-state index in [0.29, 0.717) is 16.5 Å². The second-order valence-electron chi connectivity index (χ2n) is 8.53. The zero-order valence-corrected chi connectivity index (χ0v) is 20.6. The summed E-state index contributed by atoms with van der Waals surface area (Å²) in [5.41, 5.74) is 0.560. The van der Waals surface area contributed by atoms with Crippen molar-refractivity contribution in [3.63, 3.8) is 0 Å². The zero-order valence-electron chi connectivity index (χ0n) is 19.8. The molecule has 2 N–H and O–H groups in total. The van der Waals surface area contributed by atoms with Crippen molar-refractivity contribution in [1.82, 2.24) is 29.8 Å². The highest BCUT2D eigenvalue weighted by molar-refractivity contribution is 6.30. The van der Waals surface area contributed by atoms with Gasteiger partial charge in [0.1, 0.15) is 42.5 Å². The average molecular weight is 551 g/mol. The summed E-state index contributed by atoms with van der Waals surface area (Å²) in [4.78, 5) is 4.36. The van der Waals surface area contributed by atoms with Crippen molar-refractivity contribution in [2.45, 2.75) is 37.4 Å². The fourth-order valence-electron chi connectivity index (χ4n) is 4.49. The SMILES string of the molecule is CCO[C@@H]1[C@@H](n2cc(-c3cc(F)c(F)c(F)c3)nn2)[C@@H](O)[C@@H](CO)O[C@H]1c1ncnn1-c1cccc(Cl)c1. The lowest BCUT2D eigenvalue weighted by molar-refractivity contribution is -0.222. The fourth-order valence-corrected chi connectivity index (χ4v) is 4.68. The smallest absolute Gasteiger partial charge is 0.194 e. The number of nitrogens with zero attached hydrogens (tertiary/aromatic N) is 6. The van der Waals surface area contributed by atoms with Crippen LogP contribution in [0.5, 0.6) is 0 Å².